The summed E-state index contributed by atoms with van der Waals surface area (Å²) in [6.07, 6.45) is 1.33. The third-order valence-electron chi connectivity index (χ3n) is 3.66. The number of alkyl carbamates (subject to hydrolysis) is 1. The maximum absolute atomic E-state index is 12.7. The van der Waals surface area contributed by atoms with Crippen molar-refractivity contribution in [1.29, 1.82) is 0 Å². The molecule has 160 valence electrons. The zero-order valence-corrected chi connectivity index (χ0v) is 17.7. The van der Waals surface area contributed by atoms with E-state index in [4.69, 9.17) is 10.3 Å². The van der Waals surface area contributed by atoms with Crippen LogP contribution in [0.3, 0.4) is 0 Å². The van der Waals surface area contributed by atoms with E-state index in [2.05, 4.69) is 26.0 Å². The number of hydrogen-bond acceptors (Lipinski definition) is 5. The summed E-state index contributed by atoms with van der Waals surface area (Å²) in [5.41, 5.74) is 7.61. The van der Waals surface area contributed by atoms with Crippen LogP contribution in [-0.2, 0) is 14.3 Å². The lowest BCUT2D eigenvalue weighted by Gasteiger charge is -2.26. The van der Waals surface area contributed by atoms with Gasteiger partial charge in [-0.3, -0.25) is 9.59 Å². The van der Waals surface area contributed by atoms with Gasteiger partial charge in [-0.05, 0) is 51.5 Å². The quantitative estimate of drug-likeness (QED) is 0.212. The number of nitrogens with zero attached hydrogens (tertiary/aromatic N) is 3. The standard InChI is InChI=1S/C18H34N6O4/c1-12(2)11-14(23-17(27)28-18(3,4)5)16(26)22-13(15(25)20-6)9-7-8-10-21-24-19/h12-14H,7-11H2,1-6H3,(H,20,25)(H,22,26)(H,23,27)/t13-,14+/m0/s1. The number of nitrogens with one attached hydrogen (secondary N) is 3. The molecule has 0 saturated carbocycles. The molecule has 0 fully saturated rings. The van der Waals surface area contributed by atoms with Gasteiger partial charge in [0.05, 0.1) is 0 Å². The molecule has 0 aliphatic rings. The average molecular weight is 399 g/mol. The lowest BCUT2D eigenvalue weighted by Crippen LogP contribution is -2.54. The van der Waals surface area contributed by atoms with Gasteiger partial charge in [-0.2, -0.15) is 0 Å². The van der Waals surface area contributed by atoms with Crippen LogP contribution in [0.4, 0.5) is 4.79 Å². The van der Waals surface area contributed by atoms with Crippen molar-refractivity contribution in [1.82, 2.24) is 16.0 Å². The minimum Gasteiger partial charge on any atom is -0.444 e. The van der Waals surface area contributed by atoms with Crippen molar-refractivity contribution in [3.63, 3.8) is 0 Å². The normalized spacial score (nSPS) is 13.1. The molecule has 28 heavy (non-hydrogen) atoms. The molecule has 0 aromatic rings. The fourth-order valence-electron chi connectivity index (χ4n) is 2.44. The first-order chi connectivity index (χ1) is 13.0. The molecule has 0 bridgehead atoms. The van der Waals surface area contributed by atoms with Gasteiger partial charge >= 0.3 is 6.09 Å². The van der Waals surface area contributed by atoms with Crippen LogP contribution in [0.1, 0.15) is 60.3 Å². The number of hydrogen-bond donors (Lipinski definition) is 3. The molecule has 0 spiro atoms. The van der Waals surface area contributed by atoms with Crippen LogP contribution in [-0.4, -0.2) is 49.2 Å². The van der Waals surface area contributed by atoms with Gasteiger partial charge in [-0.15, -0.1) is 0 Å². The number of ether oxygens (including phenoxy) is 1. The molecule has 3 N–H and O–H groups in total. The van der Waals surface area contributed by atoms with E-state index in [1.54, 1.807) is 20.8 Å². The summed E-state index contributed by atoms with van der Waals surface area (Å²) in [6, 6.07) is -1.55. The first-order valence-electron chi connectivity index (χ1n) is 9.52. The molecule has 0 aliphatic carbocycles. The number of carbonyl (C=O) groups excluding carboxylic acids is 3. The third kappa shape index (κ3) is 12.0. The molecule has 10 heteroatoms. The maximum Gasteiger partial charge on any atom is 0.408 e. The predicted octanol–water partition coefficient (Wildman–Crippen LogP) is 2.64. The number of unbranched alkanes of at least 4 members (excludes halogenated alkanes) is 1. The van der Waals surface area contributed by atoms with Gasteiger partial charge in [0.2, 0.25) is 11.8 Å². The Balaban J connectivity index is 5.00. The van der Waals surface area contributed by atoms with Crippen molar-refractivity contribution in [2.75, 3.05) is 13.6 Å². The highest BCUT2D eigenvalue weighted by Crippen LogP contribution is 2.10. The minimum absolute atomic E-state index is 0.146. The topological polar surface area (TPSA) is 145 Å². The van der Waals surface area contributed by atoms with E-state index < -0.39 is 29.7 Å². The molecular formula is C18H34N6O4. The van der Waals surface area contributed by atoms with Crippen LogP contribution in [0.2, 0.25) is 0 Å². The molecule has 0 unspecified atom stereocenters. The Bertz CT molecular complexity index is 567. The highest BCUT2D eigenvalue weighted by atomic mass is 16.6. The van der Waals surface area contributed by atoms with Crippen molar-refractivity contribution in [2.24, 2.45) is 11.0 Å². The second kappa shape index (κ2) is 12.8. The van der Waals surface area contributed by atoms with Crippen LogP contribution >= 0.6 is 0 Å². The summed E-state index contributed by atoms with van der Waals surface area (Å²) in [7, 11) is 1.49. The van der Waals surface area contributed by atoms with Crippen LogP contribution in [0.25, 0.3) is 10.4 Å². The monoisotopic (exact) mass is 398 g/mol. The second-order valence-electron chi connectivity index (χ2n) is 7.95. The highest BCUT2D eigenvalue weighted by molar-refractivity contribution is 5.91. The number of rotatable bonds is 11. The molecule has 0 radical (unpaired) electrons. The van der Waals surface area contributed by atoms with Gasteiger partial charge in [-0.25, -0.2) is 4.79 Å². The first kappa shape index (κ1) is 25.5. The van der Waals surface area contributed by atoms with Gasteiger partial charge in [-0.1, -0.05) is 25.4 Å². The van der Waals surface area contributed by atoms with E-state index in [0.29, 0.717) is 32.2 Å². The van der Waals surface area contributed by atoms with Crippen LogP contribution < -0.4 is 16.0 Å². The van der Waals surface area contributed by atoms with Crippen LogP contribution in [0.15, 0.2) is 5.11 Å². The Kier molecular flexibility index (Phi) is 11.7. The average Bonchev–Trinajstić information content (AvgIpc) is 2.57. The number of likely N-dealkylation sites (N-methyl/N-ethyl adjacent to an activating group) is 1. The Hall–Kier alpha value is -2.48. The molecule has 0 rings (SSSR count). The molecular weight excluding hydrogens is 364 g/mol. The maximum atomic E-state index is 12.7. The van der Waals surface area contributed by atoms with E-state index >= 15 is 0 Å². The largest absolute Gasteiger partial charge is 0.444 e. The van der Waals surface area contributed by atoms with Gasteiger partial charge in [0, 0.05) is 18.5 Å². The van der Waals surface area contributed by atoms with E-state index in [0.717, 1.165) is 0 Å². The Morgan fingerprint density at radius 1 is 1.07 bits per heavy atom. The molecule has 0 heterocycles. The summed E-state index contributed by atoms with van der Waals surface area (Å²) in [6.45, 7) is 9.42. The molecule has 0 aliphatic heterocycles. The Labute approximate surface area is 166 Å². The van der Waals surface area contributed by atoms with Gasteiger partial charge in [0.1, 0.15) is 17.7 Å². The van der Waals surface area contributed by atoms with Gasteiger partial charge < -0.3 is 20.7 Å². The Morgan fingerprint density at radius 3 is 2.21 bits per heavy atom. The lowest BCUT2D eigenvalue weighted by molar-refractivity contribution is -0.130. The fraction of sp³-hybridized carbons (Fsp3) is 0.833. The highest BCUT2D eigenvalue weighted by Gasteiger charge is 2.28. The molecule has 0 aromatic heterocycles. The third-order valence-corrected chi connectivity index (χ3v) is 3.66. The molecule has 0 saturated heterocycles. The first-order valence-corrected chi connectivity index (χ1v) is 9.52. The van der Waals surface area contributed by atoms with Crippen LogP contribution in [0, 0.1) is 5.92 Å². The van der Waals surface area contributed by atoms with Crippen molar-refractivity contribution < 1.29 is 19.1 Å². The van der Waals surface area contributed by atoms with Gasteiger partial charge in [0.25, 0.3) is 0 Å². The summed E-state index contributed by atoms with van der Waals surface area (Å²) in [5, 5.41) is 11.3. The SMILES string of the molecule is CNC(=O)[C@H](CCCCN=[N+]=[N-])NC(=O)[C@@H](CC(C)C)NC(=O)OC(C)(C)C. The van der Waals surface area contributed by atoms with Crippen molar-refractivity contribution in [2.45, 2.75) is 78.0 Å². The minimum atomic E-state index is -0.815. The summed E-state index contributed by atoms with van der Waals surface area (Å²) < 4.78 is 5.23. The van der Waals surface area contributed by atoms with Crippen molar-refractivity contribution in [3.05, 3.63) is 10.4 Å². The summed E-state index contributed by atoms with van der Waals surface area (Å²) >= 11 is 0. The number of azide groups is 1. The Morgan fingerprint density at radius 2 is 1.71 bits per heavy atom. The van der Waals surface area contributed by atoms with E-state index in [-0.39, 0.29) is 11.8 Å². The van der Waals surface area contributed by atoms with E-state index in [9.17, 15) is 14.4 Å². The van der Waals surface area contributed by atoms with Crippen LogP contribution in [0.5, 0.6) is 0 Å². The molecule has 2 atom stereocenters. The van der Waals surface area contributed by atoms with E-state index in [1.165, 1.54) is 7.05 Å². The van der Waals surface area contributed by atoms with Gasteiger partial charge in [0.15, 0.2) is 0 Å². The van der Waals surface area contributed by atoms with Crippen molar-refractivity contribution in [3.8, 4) is 0 Å². The second-order valence-corrected chi connectivity index (χ2v) is 7.95. The molecule has 10 nitrogen and oxygen atoms in total. The molecule has 0 aromatic carbocycles. The lowest BCUT2D eigenvalue weighted by atomic mass is 10.0. The summed E-state index contributed by atoms with van der Waals surface area (Å²) in [4.78, 5) is 39.6. The van der Waals surface area contributed by atoms with Crippen molar-refractivity contribution >= 4 is 17.9 Å². The fourth-order valence-corrected chi connectivity index (χ4v) is 2.44. The number of carbonyl (C=O) groups is 3. The predicted molar refractivity (Wildman–Crippen MR) is 106 cm³/mol. The number of amides is 3. The summed E-state index contributed by atoms with van der Waals surface area (Å²) in [5.74, 6) is -0.617. The van der Waals surface area contributed by atoms with E-state index in [1.807, 2.05) is 13.8 Å². The zero-order chi connectivity index (χ0) is 21.7. The zero-order valence-electron chi connectivity index (χ0n) is 17.7. The molecule has 3 amide bonds. The smallest absolute Gasteiger partial charge is 0.408 e.